The molecule has 0 atom stereocenters. The molecule has 1 spiro atoms. The van der Waals surface area contributed by atoms with E-state index in [9.17, 15) is 0 Å². The molecule has 6 aliphatic rings. The van der Waals surface area contributed by atoms with Gasteiger partial charge in [-0.3, -0.25) is 0 Å². The van der Waals surface area contributed by atoms with Crippen LogP contribution in [0.4, 0.5) is 0 Å². The molecule has 4 heteroatoms. The summed E-state index contributed by atoms with van der Waals surface area (Å²) in [7, 11) is 0. The van der Waals surface area contributed by atoms with Gasteiger partial charge in [0.1, 0.15) is 17.3 Å². The Morgan fingerprint density at radius 3 is 1.57 bits per heavy atom. The Kier molecular flexibility index (Phi) is 7.37. The SMILES string of the molecule is c1ccc(-c2ccc(-c3nc(-c4ccccc4-c4ccc5c(c4)C4(c6ccccc6O5)c5ccccc5-c5ccccc54)nc(C45CC6CC(CC(C6)C4)C5)n3)cc2)cc1. The van der Waals surface area contributed by atoms with Crippen molar-refractivity contribution in [3.05, 3.63) is 198 Å². The number of rotatable bonds is 5. The third kappa shape index (κ3) is 5.00. The average Bonchev–Trinajstić information content (AvgIpc) is 3.59. The first-order valence-corrected chi connectivity index (χ1v) is 21.8. The van der Waals surface area contributed by atoms with Crippen LogP contribution in [0.2, 0.25) is 0 Å². The highest BCUT2D eigenvalue weighted by molar-refractivity contribution is 5.90. The summed E-state index contributed by atoms with van der Waals surface area (Å²) in [6.45, 7) is 0. The fourth-order valence-corrected chi connectivity index (χ4v) is 12.6. The van der Waals surface area contributed by atoms with Gasteiger partial charge in [-0.15, -0.1) is 0 Å². The van der Waals surface area contributed by atoms with Gasteiger partial charge in [-0.1, -0.05) is 152 Å². The molecule has 7 aromatic carbocycles. The Balaban J connectivity index is 0.995. The Hall–Kier alpha value is -6.65. The quantitative estimate of drug-likeness (QED) is 0.175. The summed E-state index contributed by atoms with van der Waals surface area (Å²) in [6.07, 6.45) is 7.68. The molecule has 8 aromatic rings. The van der Waals surface area contributed by atoms with Gasteiger partial charge in [-0.2, -0.15) is 0 Å². The molecule has 4 nitrogen and oxygen atoms in total. The maximum absolute atomic E-state index is 6.80. The molecule has 60 heavy (non-hydrogen) atoms. The number of nitrogens with zero attached hydrogens (tertiary/aromatic N) is 3. The van der Waals surface area contributed by atoms with Crippen molar-refractivity contribution in [1.29, 1.82) is 0 Å². The number of benzene rings is 7. The standard InChI is InChI=1S/C56H43N3O/c1-2-12-38(13-3-1)39-22-24-40(25-23-39)52-57-53(59-54(58-52)55-32-35-28-36(33-55)30-37(29-35)34-55)45-17-5-4-14-42(45)41-26-27-51-49(31-41)56(48-20-10-11-21-50(48)60-51)46-18-8-6-15-43(46)44-16-7-9-19-47(44)56/h1-27,31,35-37H,28-30,32-34H2. The average molecular weight is 774 g/mol. The zero-order chi connectivity index (χ0) is 39.4. The second-order valence-corrected chi connectivity index (χ2v) is 18.1. The van der Waals surface area contributed by atoms with Crippen LogP contribution in [0.15, 0.2) is 170 Å². The lowest BCUT2D eigenvalue weighted by Crippen LogP contribution is -2.49. The monoisotopic (exact) mass is 773 g/mol. The molecule has 0 unspecified atom stereocenters. The zero-order valence-corrected chi connectivity index (χ0v) is 33.4. The highest BCUT2D eigenvalue weighted by Gasteiger charge is 2.54. The Morgan fingerprint density at radius 2 is 0.883 bits per heavy atom. The highest BCUT2D eigenvalue weighted by atomic mass is 16.5. The van der Waals surface area contributed by atoms with Crippen molar-refractivity contribution in [3.8, 4) is 67.7 Å². The van der Waals surface area contributed by atoms with Crippen LogP contribution in [0, 0.1) is 17.8 Å². The van der Waals surface area contributed by atoms with Gasteiger partial charge in [0.05, 0.1) is 5.41 Å². The number of hydrogen-bond acceptors (Lipinski definition) is 4. The minimum atomic E-state index is -0.541. The number of ether oxygens (including phenoxy) is 1. The lowest BCUT2D eigenvalue weighted by molar-refractivity contribution is -0.00938. The van der Waals surface area contributed by atoms with Crippen LogP contribution in [-0.2, 0) is 10.8 Å². The molecule has 1 aromatic heterocycles. The topological polar surface area (TPSA) is 47.9 Å². The smallest absolute Gasteiger partial charge is 0.164 e. The zero-order valence-electron chi connectivity index (χ0n) is 33.4. The van der Waals surface area contributed by atoms with Gasteiger partial charge >= 0.3 is 0 Å². The van der Waals surface area contributed by atoms with E-state index in [1.165, 1.54) is 77.5 Å². The molecule has 4 saturated carbocycles. The summed E-state index contributed by atoms with van der Waals surface area (Å²) < 4.78 is 6.80. The number of para-hydroxylation sites is 1. The summed E-state index contributed by atoms with van der Waals surface area (Å²) >= 11 is 0. The van der Waals surface area contributed by atoms with Crippen LogP contribution in [0.3, 0.4) is 0 Å². The predicted octanol–water partition coefficient (Wildman–Crippen LogP) is 13.5. The summed E-state index contributed by atoms with van der Waals surface area (Å²) in [6, 6.07) is 61.3. The van der Waals surface area contributed by atoms with E-state index in [2.05, 4.69) is 170 Å². The lowest BCUT2D eigenvalue weighted by Gasteiger charge is -2.56. The van der Waals surface area contributed by atoms with Gasteiger partial charge in [0, 0.05) is 27.7 Å². The lowest BCUT2D eigenvalue weighted by atomic mass is 9.49. The highest BCUT2D eigenvalue weighted by Crippen LogP contribution is 2.63. The summed E-state index contributed by atoms with van der Waals surface area (Å²) in [4.78, 5) is 16.4. The van der Waals surface area contributed by atoms with Crippen molar-refractivity contribution in [3.63, 3.8) is 0 Å². The van der Waals surface area contributed by atoms with Crippen LogP contribution in [0.1, 0.15) is 66.6 Å². The summed E-state index contributed by atoms with van der Waals surface area (Å²) in [5.41, 5.74) is 13.5. The van der Waals surface area contributed by atoms with Crippen molar-refractivity contribution in [2.75, 3.05) is 0 Å². The van der Waals surface area contributed by atoms with Crippen molar-refractivity contribution in [1.82, 2.24) is 15.0 Å². The first-order valence-electron chi connectivity index (χ1n) is 21.8. The van der Waals surface area contributed by atoms with Gasteiger partial charge in [0.25, 0.3) is 0 Å². The Labute approximate surface area is 351 Å². The van der Waals surface area contributed by atoms with Crippen LogP contribution in [0.5, 0.6) is 11.5 Å². The van der Waals surface area contributed by atoms with Crippen molar-refractivity contribution in [2.24, 2.45) is 17.8 Å². The Morgan fingerprint density at radius 1 is 0.383 bits per heavy atom. The van der Waals surface area contributed by atoms with E-state index in [1.807, 2.05) is 0 Å². The van der Waals surface area contributed by atoms with E-state index in [-0.39, 0.29) is 5.41 Å². The fourth-order valence-electron chi connectivity index (χ4n) is 12.6. The third-order valence-electron chi connectivity index (χ3n) is 14.7. The van der Waals surface area contributed by atoms with Crippen molar-refractivity contribution < 1.29 is 4.74 Å². The molecule has 0 saturated heterocycles. The van der Waals surface area contributed by atoms with Gasteiger partial charge < -0.3 is 4.74 Å². The van der Waals surface area contributed by atoms with Gasteiger partial charge in [-0.25, -0.2) is 15.0 Å². The van der Waals surface area contributed by atoms with Crippen molar-refractivity contribution >= 4 is 0 Å². The minimum Gasteiger partial charge on any atom is -0.457 e. The van der Waals surface area contributed by atoms with Crippen LogP contribution in [0.25, 0.3) is 56.2 Å². The molecule has 5 aliphatic carbocycles. The van der Waals surface area contributed by atoms with Crippen LogP contribution in [-0.4, -0.2) is 15.0 Å². The molecule has 0 N–H and O–H groups in total. The number of hydrogen-bond donors (Lipinski definition) is 0. The van der Waals surface area contributed by atoms with E-state index in [4.69, 9.17) is 19.7 Å². The van der Waals surface area contributed by atoms with Gasteiger partial charge in [-0.05, 0) is 119 Å². The first-order chi connectivity index (χ1) is 29.6. The molecule has 0 amide bonds. The minimum absolute atomic E-state index is 0.00625. The first kappa shape index (κ1) is 34.2. The number of fused-ring (bicyclic) bond motifs is 9. The molecular formula is C56H43N3O. The van der Waals surface area contributed by atoms with E-state index in [1.54, 1.807) is 0 Å². The molecular weight excluding hydrogens is 731 g/mol. The second-order valence-electron chi connectivity index (χ2n) is 18.1. The summed E-state index contributed by atoms with van der Waals surface area (Å²) in [5.74, 6) is 6.61. The fraction of sp³-hybridized carbons (Fsp3) is 0.196. The van der Waals surface area contributed by atoms with E-state index in [0.29, 0.717) is 0 Å². The van der Waals surface area contributed by atoms with Crippen molar-refractivity contribution in [2.45, 2.75) is 49.4 Å². The Bertz CT molecular complexity index is 2920. The molecule has 1 aliphatic heterocycles. The maximum atomic E-state index is 6.80. The van der Waals surface area contributed by atoms with Crippen LogP contribution >= 0.6 is 0 Å². The summed E-state index contributed by atoms with van der Waals surface area (Å²) in [5, 5.41) is 0. The molecule has 4 bridgehead atoms. The molecule has 2 heterocycles. The normalized spacial score (nSPS) is 22.1. The van der Waals surface area contributed by atoms with Crippen LogP contribution < -0.4 is 4.74 Å². The van der Waals surface area contributed by atoms with Gasteiger partial charge in [0.2, 0.25) is 0 Å². The van der Waals surface area contributed by atoms with E-state index < -0.39 is 5.41 Å². The van der Waals surface area contributed by atoms with Gasteiger partial charge in [0.15, 0.2) is 11.6 Å². The largest absolute Gasteiger partial charge is 0.457 e. The number of aromatic nitrogens is 3. The molecule has 288 valence electrons. The maximum Gasteiger partial charge on any atom is 0.164 e. The molecule has 0 radical (unpaired) electrons. The second kappa shape index (κ2) is 12.9. The predicted molar refractivity (Wildman–Crippen MR) is 239 cm³/mol. The third-order valence-corrected chi connectivity index (χ3v) is 14.7. The molecule has 4 fully saturated rings. The molecule has 14 rings (SSSR count). The van der Waals surface area contributed by atoms with E-state index >= 15 is 0 Å². The van der Waals surface area contributed by atoms with E-state index in [0.717, 1.165) is 74.5 Å².